The van der Waals surface area contributed by atoms with Crippen LogP contribution in [0.1, 0.15) is 56.5 Å². The number of H-pyrrole nitrogens is 2. The van der Waals surface area contributed by atoms with Crippen LogP contribution in [0.4, 0.5) is 4.39 Å². The molecule has 0 bridgehead atoms. The smallest absolute Gasteiger partial charge is 0.165 e. The van der Waals surface area contributed by atoms with E-state index in [9.17, 15) is 9.50 Å². The highest BCUT2D eigenvalue weighted by atomic mass is 19.1. The molecule has 3 N–H and O–H groups in total. The minimum absolute atomic E-state index is 0.312. The predicted molar refractivity (Wildman–Crippen MR) is 140 cm³/mol. The first-order valence-electron chi connectivity index (χ1n) is 13.2. The zero-order chi connectivity index (χ0) is 25.0. The quantitative estimate of drug-likeness (QED) is 0.313. The van der Waals surface area contributed by atoms with E-state index < -0.39 is 5.82 Å². The number of aryl methyl sites for hydroxylation is 1. The third-order valence-electron chi connectivity index (χ3n) is 8.59. The van der Waals surface area contributed by atoms with Gasteiger partial charge in [-0.25, -0.2) is 9.37 Å². The van der Waals surface area contributed by atoms with Crippen molar-refractivity contribution in [1.82, 2.24) is 25.1 Å². The third-order valence-corrected chi connectivity index (χ3v) is 8.59. The zero-order valence-electron chi connectivity index (χ0n) is 21.2. The van der Waals surface area contributed by atoms with E-state index in [1.165, 1.54) is 49.2 Å². The molecular weight excluding hydrogens is 453 g/mol. The normalized spacial score (nSPS) is 22.4. The first-order chi connectivity index (χ1) is 17.4. The van der Waals surface area contributed by atoms with Crippen LogP contribution < -0.4 is 0 Å². The van der Waals surface area contributed by atoms with Gasteiger partial charge in [0.15, 0.2) is 17.4 Å². The zero-order valence-corrected chi connectivity index (χ0v) is 21.2. The maximum Gasteiger partial charge on any atom is 0.165 e. The van der Waals surface area contributed by atoms with Crippen LogP contribution in [-0.4, -0.2) is 43.3 Å². The second-order valence-corrected chi connectivity index (χ2v) is 10.8. The van der Waals surface area contributed by atoms with E-state index in [4.69, 9.17) is 4.98 Å². The van der Waals surface area contributed by atoms with E-state index in [0.29, 0.717) is 12.5 Å². The van der Waals surface area contributed by atoms with Crippen molar-refractivity contribution in [3.05, 3.63) is 53.1 Å². The van der Waals surface area contributed by atoms with E-state index in [2.05, 4.69) is 34.1 Å². The maximum absolute atomic E-state index is 14.1. The molecule has 2 aromatic carbocycles. The topological polar surface area (TPSA) is 80.8 Å². The van der Waals surface area contributed by atoms with Crippen molar-refractivity contribution in [2.24, 2.45) is 11.8 Å². The molecule has 1 aliphatic heterocycles. The standard InChI is InChI=1S/C29H34FN5O/c1-4-17-12-27(36)23(30)14-22(17)19-8-9-21-24(11-19)33-34-28(21)29-31-25-13-20(35(3)15-26(25)32-29)10-18-7-5-6-16(18)2/h8-9,11-12,14,16,18,20,36H,4-7,10,13,15H2,1-3H3,(H,31,32)(H,33,34)/t16-,18?,20?/m1/s1. The molecule has 36 heavy (non-hydrogen) atoms. The van der Waals surface area contributed by atoms with Gasteiger partial charge in [0.2, 0.25) is 0 Å². The molecule has 6 nitrogen and oxygen atoms in total. The maximum atomic E-state index is 14.1. The Balaban J connectivity index is 1.29. The van der Waals surface area contributed by atoms with Gasteiger partial charge < -0.3 is 10.1 Å². The number of aromatic hydroxyl groups is 1. The Bertz CT molecular complexity index is 1420. The highest BCUT2D eigenvalue weighted by molar-refractivity contribution is 5.94. The second kappa shape index (κ2) is 9.04. The molecule has 6 rings (SSSR count). The summed E-state index contributed by atoms with van der Waals surface area (Å²) in [5.41, 5.74) is 6.60. The molecular formula is C29H34FN5O. The Morgan fingerprint density at radius 1 is 1.19 bits per heavy atom. The Hall–Kier alpha value is -3.19. The van der Waals surface area contributed by atoms with Gasteiger partial charge in [-0.1, -0.05) is 39.2 Å². The lowest BCUT2D eigenvalue weighted by Crippen LogP contribution is -2.39. The molecule has 4 aromatic rings. The molecule has 0 spiro atoms. The number of hydrogen-bond donors (Lipinski definition) is 3. The molecule has 0 radical (unpaired) electrons. The number of rotatable bonds is 5. The number of nitrogens with zero attached hydrogens (tertiary/aromatic N) is 3. The Morgan fingerprint density at radius 2 is 2.06 bits per heavy atom. The summed E-state index contributed by atoms with van der Waals surface area (Å²) >= 11 is 0. The number of aromatic amines is 2. The largest absolute Gasteiger partial charge is 0.505 e. The number of phenols is 1. The molecule has 3 heterocycles. The highest BCUT2D eigenvalue weighted by Gasteiger charge is 2.32. The molecule has 1 aliphatic carbocycles. The molecule has 2 aliphatic rings. The number of phenolic OH excluding ortho intramolecular Hbond substituents is 1. The monoisotopic (exact) mass is 487 g/mol. The summed E-state index contributed by atoms with van der Waals surface area (Å²) in [7, 11) is 2.23. The first-order valence-corrected chi connectivity index (χ1v) is 13.2. The first kappa shape index (κ1) is 23.2. The van der Waals surface area contributed by atoms with Crippen molar-refractivity contribution in [2.75, 3.05) is 7.05 Å². The summed E-state index contributed by atoms with van der Waals surface area (Å²) in [6, 6.07) is 9.46. The van der Waals surface area contributed by atoms with Crippen LogP contribution in [0.5, 0.6) is 5.75 Å². The summed E-state index contributed by atoms with van der Waals surface area (Å²) < 4.78 is 14.1. The minimum atomic E-state index is -0.612. The van der Waals surface area contributed by atoms with Gasteiger partial charge >= 0.3 is 0 Å². The average Bonchev–Trinajstić information content (AvgIpc) is 3.58. The highest BCUT2D eigenvalue weighted by Crippen LogP contribution is 2.38. The molecule has 1 fully saturated rings. The molecule has 7 heteroatoms. The van der Waals surface area contributed by atoms with Crippen LogP contribution in [0.15, 0.2) is 30.3 Å². The number of halogens is 1. The van der Waals surface area contributed by atoms with Gasteiger partial charge in [0.1, 0.15) is 5.69 Å². The number of hydrogen-bond acceptors (Lipinski definition) is 4. The summed E-state index contributed by atoms with van der Waals surface area (Å²) in [4.78, 5) is 11.0. The van der Waals surface area contributed by atoms with Gasteiger partial charge in [0.05, 0.1) is 16.9 Å². The number of aromatic nitrogens is 4. The van der Waals surface area contributed by atoms with Gasteiger partial charge in [0.25, 0.3) is 0 Å². The fourth-order valence-electron chi connectivity index (χ4n) is 6.33. The number of fused-ring (bicyclic) bond motifs is 2. The summed E-state index contributed by atoms with van der Waals surface area (Å²) in [5, 5.41) is 18.5. The van der Waals surface area contributed by atoms with E-state index in [0.717, 1.165) is 63.9 Å². The fourth-order valence-corrected chi connectivity index (χ4v) is 6.33. The van der Waals surface area contributed by atoms with Crippen molar-refractivity contribution in [2.45, 2.75) is 65.0 Å². The van der Waals surface area contributed by atoms with Crippen molar-refractivity contribution < 1.29 is 9.50 Å². The van der Waals surface area contributed by atoms with Gasteiger partial charge in [-0.2, -0.15) is 5.10 Å². The lowest BCUT2D eigenvalue weighted by atomic mass is 9.87. The van der Waals surface area contributed by atoms with Gasteiger partial charge in [-0.15, -0.1) is 0 Å². The van der Waals surface area contributed by atoms with Gasteiger partial charge in [0, 0.05) is 24.4 Å². The Morgan fingerprint density at radius 3 is 2.83 bits per heavy atom. The molecule has 3 atom stereocenters. The third kappa shape index (κ3) is 3.99. The van der Waals surface area contributed by atoms with Gasteiger partial charge in [-0.05, 0) is 72.7 Å². The van der Waals surface area contributed by atoms with Crippen LogP contribution in [0.25, 0.3) is 33.5 Å². The lowest BCUT2D eigenvalue weighted by Gasteiger charge is -2.34. The van der Waals surface area contributed by atoms with Crippen molar-refractivity contribution in [3.63, 3.8) is 0 Å². The Labute approximate surface area is 211 Å². The lowest BCUT2D eigenvalue weighted by molar-refractivity contribution is 0.169. The van der Waals surface area contributed by atoms with E-state index >= 15 is 0 Å². The molecule has 2 aromatic heterocycles. The number of likely N-dealkylation sites (N-methyl/N-ethyl adjacent to an activating group) is 1. The average molecular weight is 488 g/mol. The SMILES string of the molecule is CCc1cc(O)c(F)cc1-c1ccc2c(-c3nc4c([nH]3)CN(C)C(CC3CCC[C@H]3C)C4)n[nH]c2c1. The number of nitrogens with one attached hydrogen (secondary N) is 2. The Kier molecular flexibility index (Phi) is 5.83. The van der Waals surface area contributed by atoms with Crippen LogP contribution in [0.2, 0.25) is 0 Å². The number of benzene rings is 2. The second-order valence-electron chi connectivity index (χ2n) is 10.8. The molecule has 1 saturated carbocycles. The summed E-state index contributed by atoms with van der Waals surface area (Å²) in [6.07, 6.45) is 7.03. The number of imidazole rings is 1. The van der Waals surface area contributed by atoms with Crippen LogP contribution in [0, 0.1) is 17.7 Å². The van der Waals surface area contributed by atoms with E-state index in [1.54, 1.807) is 0 Å². The predicted octanol–water partition coefficient (Wildman–Crippen LogP) is 6.21. The van der Waals surface area contributed by atoms with Gasteiger partial charge in [-0.3, -0.25) is 10.00 Å². The van der Waals surface area contributed by atoms with Crippen LogP contribution >= 0.6 is 0 Å². The molecule has 0 amide bonds. The summed E-state index contributed by atoms with van der Waals surface area (Å²) in [5.74, 6) is 1.54. The van der Waals surface area contributed by atoms with E-state index in [1.807, 2.05) is 25.1 Å². The van der Waals surface area contributed by atoms with Crippen LogP contribution in [-0.2, 0) is 19.4 Å². The summed E-state index contributed by atoms with van der Waals surface area (Å²) in [6.45, 7) is 5.29. The fraction of sp³-hybridized carbons (Fsp3) is 0.448. The minimum Gasteiger partial charge on any atom is -0.505 e. The van der Waals surface area contributed by atoms with Crippen molar-refractivity contribution >= 4 is 10.9 Å². The van der Waals surface area contributed by atoms with Crippen molar-refractivity contribution in [1.29, 1.82) is 0 Å². The molecule has 2 unspecified atom stereocenters. The van der Waals surface area contributed by atoms with Crippen LogP contribution in [0.3, 0.4) is 0 Å². The van der Waals surface area contributed by atoms with Crippen molar-refractivity contribution in [3.8, 4) is 28.4 Å². The molecule has 0 saturated heterocycles. The molecule has 188 valence electrons. The van der Waals surface area contributed by atoms with E-state index in [-0.39, 0.29) is 5.75 Å².